The SMILES string of the molecule is CCC(C#N)N1CCN(C(=O)c2ccoc2Cl)CC1. The Balaban J connectivity index is 1.96. The molecule has 0 N–H and O–H groups in total. The Labute approximate surface area is 117 Å². The molecule has 0 saturated carbocycles. The van der Waals surface area contributed by atoms with Crippen molar-refractivity contribution in [1.82, 2.24) is 9.80 Å². The van der Waals surface area contributed by atoms with E-state index in [9.17, 15) is 4.79 Å². The van der Waals surface area contributed by atoms with Crippen LogP contribution in [0.15, 0.2) is 16.7 Å². The van der Waals surface area contributed by atoms with E-state index >= 15 is 0 Å². The second kappa shape index (κ2) is 6.09. The molecule has 0 radical (unpaired) electrons. The fraction of sp³-hybridized carbons (Fsp3) is 0.538. The van der Waals surface area contributed by atoms with E-state index in [2.05, 4.69) is 11.0 Å². The molecule has 2 rings (SSSR count). The quantitative estimate of drug-likeness (QED) is 0.850. The Morgan fingerprint density at radius 2 is 2.21 bits per heavy atom. The first-order valence-electron chi connectivity index (χ1n) is 6.33. The van der Waals surface area contributed by atoms with Crippen LogP contribution in [0.4, 0.5) is 0 Å². The highest BCUT2D eigenvalue weighted by Gasteiger charge is 2.27. The van der Waals surface area contributed by atoms with Gasteiger partial charge >= 0.3 is 0 Å². The van der Waals surface area contributed by atoms with Crippen LogP contribution in [0.3, 0.4) is 0 Å². The van der Waals surface area contributed by atoms with Crippen molar-refractivity contribution in [3.8, 4) is 6.07 Å². The molecule has 19 heavy (non-hydrogen) atoms. The van der Waals surface area contributed by atoms with E-state index in [1.165, 1.54) is 6.26 Å². The van der Waals surface area contributed by atoms with Crippen molar-refractivity contribution in [2.45, 2.75) is 19.4 Å². The lowest BCUT2D eigenvalue weighted by Gasteiger charge is -2.36. The first-order chi connectivity index (χ1) is 9.17. The molecule has 2 heterocycles. The number of hydrogen-bond acceptors (Lipinski definition) is 4. The molecule has 1 aliphatic rings. The van der Waals surface area contributed by atoms with Crippen LogP contribution in [0.2, 0.25) is 5.22 Å². The first kappa shape index (κ1) is 13.9. The van der Waals surface area contributed by atoms with Crippen LogP contribution in [0.1, 0.15) is 23.7 Å². The van der Waals surface area contributed by atoms with Crippen LogP contribution < -0.4 is 0 Å². The lowest BCUT2D eigenvalue weighted by atomic mass is 10.1. The molecule has 1 atom stereocenters. The summed E-state index contributed by atoms with van der Waals surface area (Å²) in [7, 11) is 0. The zero-order valence-electron chi connectivity index (χ0n) is 10.8. The van der Waals surface area contributed by atoms with Crippen molar-refractivity contribution in [2.75, 3.05) is 26.2 Å². The van der Waals surface area contributed by atoms with Gasteiger partial charge in [-0.25, -0.2) is 0 Å². The lowest BCUT2D eigenvalue weighted by Crippen LogP contribution is -2.51. The van der Waals surface area contributed by atoms with Crippen LogP contribution in [-0.2, 0) is 0 Å². The van der Waals surface area contributed by atoms with Crippen LogP contribution in [-0.4, -0.2) is 47.9 Å². The number of piperazine rings is 1. The Morgan fingerprint density at radius 3 is 2.68 bits per heavy atom. The predicted molar refractivity (Wildman–Crippen MR) is 70.9 cm³/mol. The van der Waals surface area contributed by atoms with Gasteiger partial charge in [0.2, 0.25) is 5.22 Å². The van der Waals surface area contributed by atoms with Crippen molar-refractivity contribution < 1.29 is 9.21 Å². The maximum absolute atomic E-state index is 12.2. The number of nitrogens with zero attached hydrogens (tertiary/aromatic N) is 3. The van der Waals surface area contributed by atoms with Crippen molar-refractivity contribution in [2.24, 2.45) is 0 Å². The van der Waals surface area contributed by atoms with Crippen molar-refractivity contribution in [1.29, 1.82) is 5.26 Å². The summed E-state index contributed by atoms with van der Waals surface area (Å²) >= 11 is 5.81. The van der Waals surface area contributed by atoms with E-state index < -0.39 is 0 Å². The second-order valence-corrected chi connectivity index (χ2v) is 4.83. The van der Waals surface area contributed by atoms with Gasteiger partial charge in [0, 0.05) is 26.2 Å². The Hall–Kier alpha value is -1.51. The maximum Gasteiger partial charge on any atom is 0.258 e. The van der Waals surface area contributed by atoms with Crippen LogP contribution in [0, 0.1) is 11.3 Å². The molecule has 1 amide bonds. The number of carbonyl (C=O) groups is 1. The molecule has 1 aliphatic heterocycles. The van der Waals surface area contributed by atoms with Gasteiger partial charge in [-0.05, 0) is 24.1 Å². The van der Waals surface area contributed by atoms with Crippen molar-refractivity contribution in [3.05, 3.63) is 23.1 Å². The molecule has 0 spiro atoms. The smallest absolute Gasteiger partial charge is 0.258 e. The number of hydrogen-bond donors (Lipinski definition) is 0. The number of amides is 1. The van der Waals surface area contributed by atoms with Gasteiger partial charge in [0.05, 0.1) is 23.9 Å². The molecule has 1 saturated heterocycles. The molecule has 1 fully saturated rings. The lowest BCUT2D eigenvalue weighted by molar-refractivity contribution is 0.0604. The van der Waals surface area contributed by atoms with Gasteiger partial charge in [-0.3, -0.25) is 9.69 Å². The standard InChI is InChI=1S/C13H16ClN3O2/c1-2-10(9-15)16-4-6-17(7-5-16)13(18)11-3-8-19-12(11)14/h3,8,10H,2,4-7H2,1H3. The molecule has 0 aromatic carbocycles. The highest BCUT2D eigenvalue weighted by Crippen LogP contribution is 2.20. The van der Waals surface area contributed by atoms with E-state index in [1.807, 2.05) is 6.92 Å². The van der Waals surface area contributed by atoms with E-state index in [4.69, 9.17) is 21.3 Å². The number of rotatable bonds is 3. The zero-order valence-corrected chi connectivity index (χ0v) is 11.6. The van der Waals surface area contributed by atoms with Gasteiger partial charge in [-0.15, -0.1) is 0 Å². The molecular formula is C13H16ClN3O2. The van der Waals surface area contributed by atoms with E-state index in [0.717, 1.165) is 6.42 Å². The predicted octanol–water partition coefficient (Wildman–Crippen LogP) is 1.99. The van der Waals surface area contributed by atoms with Gasteiger partial charge in [-0.1, -0.05) is 6.92 Å². The van der Waals surface area contributed by atoms with Crippen LogP contribution >= 0.6 is 11.6 Å². The zero-order chi connectivity index (χ0) is 13.8. The van der Waals surface area contributed by atoms with E-state index in [0.29, 0.717) is 31.7 Å². The van der Waals surface area contributed by atoms with Gasteiger partial charge in [0.15, 0.2) is 0 Å². The summed E-state index contributed by atoms with van der Waals surface area (Å²) < 4.78 is 4.94. The van der Waals surface area contributed by atoms with Crippen molar-refractivity contribution in [3.63, 3.8) is 0 Å². The minimum atomic E-state index is -0.108. The van der Waals surface area contributed by atoms with Gasteiger partial charge in [0.25, 0.3) is 5.91 Å². The Morgan fingerprint density at radius 1 is 1.53 bits per heavy atom. The fourth-order valence-corrected chi connectivity index (χ4v) is 2.48. The third kappa shape index (κ3) is 2.91. The average Bonchev–Trinajstić information content (AvgIpc) is 2.86. The highest BCUT2D eigenvalue weighted by atomic mass is 35.5. The van der Waals surface area contributed by atoms with E-state index in [1.54, 1.807) is 11.0 Å². The fourth-order valence-electron chi connectivity index (χ4n) is 2.28. The number of carbonyl (C=O) groups excluding carboxylic acids is 1. The number of nitriles is 1. The first-order valence-corrected chi connectivity index (χ1v) is 6.71. The summed E-state index contributed by atoms with van der Waals surface area (Å²) in [4.78, 5) is 16.1. The van der Waals surface area contributed by atoms with Crippen LogP contribution in [0.25, 0.3) is 0 Å². The molecule has 102 valence electrons. The molecule has 1 aromatic heterocycles. The summed E-state index contributed by atoms with van der Waals surface area (Å²) in [6.45, 7) is 4.65. The van der Waals surface area contributed by atoms with Gasteiger partial charge in [0.1, 0.15) is 0 Å². The summed E-state index contributed by atoms with van der Waals surface area (Å²) in [6, 6.07) is 3.81. The minimum Gasteiger partial charge on any atom is -0.452 e. The number of furan rings is 1. The Bertz CT molecular complexity index is 486. The largest absolute Gasteiger partial charge is 0.452 e. The normalized spacial score (nSPS) is 18.1. The molecule has 0 aliphatic carbocycles. The summed E-state index contributed by atoms with van der Waals surface area (Å²) in [5.74, 6) is -0.108. The topological polar surface area (TPSA) is 60.5 Å². The average molecular weight is 282 g/mol. The third-order valence-corrected chi connectivity index (χ3v) is 3.72. The van der Waals surface area contributed by atoms with E-state index in [-0.39, 0.29) is 17.2 Å². The summed E-state index contributed by atoms with van der Waals surface area (Å²) in [5.41, 5.74) is 0.405. The monoisotopic (exact) mass is 281 g/mol. The molecule has 1 aromatic rings. The van der Waals surface area contributed by atoms with Crippen molar-refractivity contribution >= 4 is 17.5 Å². The molecule has 0 bridgehead atoms. The van der Waals surface area contributed by atoms with Gasteiger partial charge < -0.3 is 9.32 Å². The third-order valence-electron chi connectivity index (χ3n) is 3.43. The summed E-state index contributed by atoms with van der Waals surface area (Å²) in [5, 5.41) is 9.17. The number of halogens is 1. The molecular weight excluding hydrogens is 266 g/mol. The molecule has 6 heteroatoms. The highest BCUT2D eigenvalue weighted by molar-refractivity contribution is 6.32. The Kier molecular flexibility index (Phi) is 4.46. The second-order valence-electron chi connectivity index (χ2n) is 4.49. The molecule has 5 nitrogen and oxygen atoms in total. The van der Waals surface area contributed by atoms with Crippen LogP contribution in [0.5, 0.6) is 0 Å². The summed E-state index contributed by atoms with van der Waals surface area (Å²) in [6.07, 6.45) is 2.21. The van der Waals surface area contributed by atoms with Gasteiger partial charge in [-0.2, -0.15) is 5.26 Å². The minimum absolute atomic E-state index is 0.0604. The molecule has 1 unspecified atom stereocenters. The maximum atomic E-state index is 12.2.